The number of hydrogen-bond donors (Lipinski definition) is 1. The molecule has 0 aliphatic carbocycles. The number of methoxy groups -OCH3 is 1. The standard InChI is InChI=1S/C15H20ClNO4/c1-20-15(19)9-3-2-6-10-17-14(18)11-21-13-8-5-4-7-12(13)16/h4-5,7-8H,2-3,6,9-11H2,1H3,(H,17,18). The minimum atomic E-state index is -0.202. The first-order valence-corrected chi connectivity index (χ1v) is 7.22. The predicted octanol–water partition coefficient (Wildman–Crippen LogP) is 2.57. The number of rotatable bonds is 9. The number of nitrogens with one attached hydrogen (secondary N) is 1. The van der Waals surface area contributed by atoms with E-state index in [2.05, 4.69) is 10.1 Å². The molecule has 0 heterocycles. The van der Waals surface area contributed by atoms with Gasteiger partial charge in [-0.1, -0.05) is 30.2 Å². The largest absolute Gasteiger partial charge is 0.482 e. The molecular formula is C15H20ClNO4. The molecule has 1 N–H and O–H groups in total. The number of amides is 1. The smallest absolute Gasteiger partial charge is 0.305 e. The van der Waals surface area contributed by atoms with Crippen LogP contribution in [0.5, 0.6) is 5.75 Å². The highest BCUT2D eigenvalue weighted by atomic mass is 35.5. The van der Waals surface area contributed by atoms with Crippen molar-refractivity contribution in [2.45, 2.75) is 25.7 Å². The minimum absolute atomic E-state index is 0.0636. The van der Waals surface area contributed by atoms with Gasteiger partial charge in [-0.2, -0.15) is 0 Å². The van der Waals surface area contributed by atoms with Crippen LogP contribution in [0.25, 0.3) is 0 Å². The molecule has 116 valence electrons. The topological polar surface area (TPSA) is 64.6 Å². The van der Waals surface area contributed by atoms with E-state index in [0.717, 1.165) is 19.3 Å². The molecule has 1 rings (SSSR count). The number of ether oxygens (including phenoxy) is 2. The van der Waals surface area contributed by atoms with Gasteiger partial charge in [0, 0.05) is 13.0 Å². The van der Waals surface area contributed by atoms with E-state index in [1.165, 1.54) is 7.11 Å². The molecule has 0 bridgehead atoms. The molecule has 1 amide bonds. The van der Waals surface area contributed by atoms with Crippen LogP contribution in [0.4, 0.5) is 0 Å². The lowest BCUT2D eigenvalue weighted by molar-refractivity contribution is -0.140. The van der Waals surface area contributed by atoms with Crippen LogP contribution >= 0.6 is 11.6 Å². The lowest BCUT2D eigenvalue weighted by atomic mass is 10.2. The van der Waals surface area contributed by atoms with Gasteiger partial charge in [0.2, 0.25) is 0 Å². The van der Waals surface area contributed by atoms with Gasteiger partial charge in [-0.25, -0.2) is 0 Å². The van der Waals surface area contributed by atoms with Crippen molar-refractivity contribution in [1.29, 1.82) is 0 Å². The molecule has 5 nitrogen and oxygen atoms in total. The van der Waals surface area contributed by atoms with Gasteiger partial charge in [0.25, 0.3) is 5.91 Å². The summed E-state index contributed by atoms with van der Waals surface area (Å²) in [6.07, 6.45) is 2.86. The quantitative estimate of drug-likeness (QED) is 0.562. The van der Waals surface area contributed by atoms with E-state index < -0.39 is 0 Å². The maximum absolute atomic E-state index is 11.6. The second kappa shape index (κ2) is 10.0. The van der Waals surface area contributed by atoms with Gasteiger partial charge in [-0.05, 0) is 25.0 Å². The first-order chi connectivity index (χ1) is 10.1. The summed E-state index contributed by atoms with van der Waals surface area (Å²) >= 11 is 5.91. The summed E-state index contributed by atoms with van der Waals surface area (Å²) in [5, 5.41) is 3.23. The van der Waals surface area contributed by atoms with Gasteiger partial charge < -0.3 is 14.8 Å². The Labute approximate surface area is 129 Å². The Morgan fingerprint density at radius 3 is 2.67 bits per heavy atom. The van der Waals surface area contributed by atoms with Gasteiger partial charge in [0.15, 0.2) is 6.61 Å². The summed E-state index contributed by atoms with van der Waals surface area (Å²) < 4.78 is 9.86. The van der Waals surface area contributed by atoms with Crippen molar-refractivity contribution < 1.29 is 19.1 Å². The van der Waals surface area contributed by atoms with Crippen molar-refractivity contribution >= 4 is 23.5 Å². The molecule has 0 unspecified atom stereocenters. The number of carbonyl (C=O) groups excluding carboxylic acids is 2. The van der Waals surface area contributed by atoms with Crippen molar-refractivity contribution in [1.82, 2.24) is 5.32 Å². The number of hydrogen-bond acceptors (Lipinski definition) is 4. The lowest BCUT2D eigenvalue weighted by Crippen LogP contribution is -2.29. The molecule has 0 atom stereocenters. The first kappa shape index (κ1) is 17.3. The van der Waals surface area contributed by atoms with E-state index in [0.29, 0.717) is 23.7 Å². The molecule has 1 aromatic carbocycles. The zero-order valence-electron chi connectivity index (χ0n) is 12.1. The summed E-state index contributed by atoms with van der Waals surface area (Å²) in [6, 6.07) is 7.00. The Hall–Kier alpha value is -1.75. The molecule has 0 radical (unpaired) electrons. The zero-order chi connectivity index (χ0) is 15.5. The highest BCUT2D eigenvalue weighted by molar-refractivity contribution is 6.32. The average molecular weight is 314 g/mol. The molecule has 0 aliphatic heterocycles. The molecule has 1 aromatic rings. The number of halogens is 1. The third-order valence-electron chi connectivity index (χ3n) is 2.80. The Balaban J connectivity index is 2.07. The molecule has 0 aliphatic rings. The highest BCUT2D eigenvalue weighted by Crippen LogP contribution is 2.22. The van der Waals surface area contributed by atoms with Gasteiger partial charge in [0.05, 0.1) is 12.1 Å². The number of benzene rings is 1. The summed E-state index contributed by atoms with van der Waals surface area (Å²) in [7, 11) is 1.38. The monoisotopic (exact) mass is 313 g/mol. The number of esters is 1. The molecule has 21 heavy (non-hydrogen) atoms. The maximum Gasteiger partial charge on any atom is 0.305 e. The molecule has 0 spiro atoms. The number of unbranched alkanes of at least 4 members (excludes halogenated alkanes) is 2. The summed E-state index contributed by atoms with van der Waals surface area (Å²) in [6.45, 7) is 0.498. The van der Waals surface area contributed by atoms with Crippen molar-refractivity contribution in [3.05, 3.63) is 29.3 Å². The van der Waals surface area contributed by atoms with Crippen LogP contribution in [-0.2, 0) is 14.3 Å². The Bertz CT molecular complexity index is 465. The molecule has 0 saturated heterocycles. The van der Waals surface area contributed by atoms with Gasteiger partial charge in [-0.15, -0.1) is 0 Å². The number of carbonyl (C=O) groups is 2. The first-order valence-electron chi connectivity index (χ1n) is 6.84. The second-order valence-electron chi connectivity index (χ2n) is 4.46. The molecule has 0 fully saturated rings. The highest BCUT2D eigenvalue weighted by Gasteiger charge is 2.05. The average Bonchev–Trinajstić information content (AvgIpc) is 2.49. The number of para-hydroxylation sites is 1. The molecular weight excluding hydrogens is 294 g/mol. The van der Waals surface area contributed by atoms with Crippen molar-refractivity contribution in [3.8, 4) is 5.75 Å². The second-order valence-corrected chi connectivity index (χ2v) is 4.86. The van der Waals surface area contributed by atoms with Crippen LogP contribution in [0.15, 0.2) is 24.3 Å². The normalized spacial score (nSPS) is 10.0. The van der Waals surface area contributed by atoms with Crippen LogP contribution < -0.4 is 10.1 Å². The van der Waals surface area contributed by atoms with Crippen LogP contribution in [-0.4, -0.2) is 32.1 Å². The van der Waals surface area contributed by atoms with Gasteiger partial charge >= 0.3 is 5.97 Å². The fourth-order valence-electron chi connectivity index (χ4n) is 1.66. The zero-order valence-corrected chi connectivity index (χ0v) is 12.8. The molecule has 0 aromatic heterocycles. The van der Waals surface area contributed by atoms with E-state index in [9.17, 15) is 9.59 Å². The summed E-state index contributed by atoms with van der Waals surface area (Å²) in [5.74, 6) is 0.0995. The van der Waals surface area contributed by atoms with Crippen LogP contribution in [0.2, 0.25) is 5.02 Å². The van der Waals surface area contributed by atoms with E-state index in [4.69, 9.17) is 16.3 Å². The fraction of sp³-hybridized carbons (Fsp3) is 0.467. The predicted molar refractivity (Wildman–Crippen MR) is 80.4 cm³/mol. The summed E-state index contributed by atoms with van der Waals surface area (Å²) in [4.78, 5) is 22.4. The van der Waals surface area contributed by atoms with Crippen molar-refractivity contribution in [2.75, 3.05) is 20.3 Å². The molecule has 6 heteroatoms. The van der Waals surface area contributed by atoms with E-state index >= 15 is 0 Å². The third-order valence-corrected chi connectivity index (χ3v) is 3.12. The third kappa shape index (κ3) is 7.56. The van der Waals surface area contributed by atoms with Gasteiger partial charge in [-0.3, -0.25) is 9.59 Å². The van der Waals surface area contributed by atoms with E-state index in [1.54, 1.807) is 24.3 Å². The lowest BCUT2D eigenvalue weighted by Gasteiger charge is -2.08. The van der Waals surface area contributed by atoms with Crippen LogP contribution in [0.1, 0.15) is 25.7 Å². The minimum Gasteiger partial charge on any atom is -0.482 e. The molecule has 0 saturated carbocycles. The van der Waals surface area contributed by atoms with Gasteiger partial charge in [0.1, 0.15) is 5.75 Å². The van der Waals surface area contributed by atoms with Crippen molar-refractivity contribution in [2.24, 2.45) is 0 Å². The van der Waals surface area contributed by atoms with Crippen molar-refractivity contribution in [3.63, 3.8) is 0 Å². The summed E-state index contributed by atoms with van der Waals surface area (Å²) in [5.41, 5.74) is 0. The Kier molecular flexibility index (Phi) is 8.28. The van der Waals surface area contributed by atoms with Crippen LogP contribution in [0, 0.1) is 0 Å². The Morgan fingerprint density at radius 1 is 1.19 bits per heavy atom. The Morgan fingerprint density at radius 2 is 1.95 bits per heavy atom. The van der Waals surface area contributed by atoms with E-state index in [1.807, 2.05) is 0 Å². The van der Waals surface area contributed by atoms with E-state index in [-0.39, 0.29) is 18.5 Å². The fourth-order valence-corrected chi connectivity index (χ4v) is 1.85. The van der Waals surface area contributed by atoms with Crippen LogP contribution in [0.3, 0.4) is 0 Å². The maximum atomic E-state index is 11.6. The SMILES string of the molecule is COC(=O)CCCCCNC(=O)COc1ccccc1Cl.